The molecule has 1 unspecified atom stereocenters. The number of hydrogen-bond acceptors (Lipinski definition) is 3. The van der Waals surface area contributed by atoms with E-state index in [9.17, 15) is 8.42 Å². The van der Waals surface area contributed by atoms with Crippen LogP contribution in [0.5, 0.6) is 0 Å². The molecule has 1 aliphatic rings. The predicted molar refractivity (Wildman–Crippen MR) is 67.4 cm³/mol. The Hall–Kier alpha value is 0.480. The van der Waals surface area contributed by atoms with Crippen molar-refractivity contribution in [1.29, 1.82) is 0 Å². The van der Waals surface area contributed by atoms with Crippen LogP contribution in [-0.2, 0) is 10.0 Å². The molecule has 0 saturated carbocycles. The van der Waals surface area contributed by atoms with E-state index in [0.29, 0.717) is 23.8 Å². The standard InChI is InChI=1S/C8H8Cl3NO2S2/c9-5-1-2-12(4-5)16(13,14)6-3-7(10)15-8(6)11/h3,5H,1-2,4H2. The van der Waals surface area contributed by atoms with Gasteiger partial charge in [0, 0.05) is 18.5 Å². The molecule has 0 spiro atoms. The van der Waals surface area contributed by atoms with Crippen molar-refractivity contribution < 1.29 is 8.42 Å². The van der Waals surface area contributed by atoms with Crippen molar-refractivity contribution in [2.75, 3.05) is 13.1 Å². The minimum atomic E-state index is -3.54. The Morgan fingerprint density at radius 2 is 2.12 bits per heavy atom. The second kappa shape index (κ2) is 4.63. The first-order valence-corrected chi connectivity index (χ1v) is 7.95. The van der Waals surface area contributed by atoms with E-state index in [1.165, 1.54) is 10.4 Å². The quantitative estimate of drug-likeness (QED) is 0.785. The molecule has 2 rings (SSSR count). The number of alkyl halides is 1. The topological polar surface area (TPSA) is 37.4 Å². The van der Waals surface area contributed by atoms with Gasteiger partial charge >= 0.3 is 0 Å². The highest BCUT2D eigenvalue weighted by Gasteiger charge is 2.33. The first kappa shape index (κ1) is 12.9. The van der Waals surface area contributed by atoms with Crippen LogP contribution in [0.15, 0.2) is 11.0 Å². The Labute approximate surface area is 113 Å². The second-order valence-corrected chi connectivity index (χ2v) is 8.25. The SMILES string of the molecule is O=S(=O)(c1cc(Cl)sc1Cl)N1CCC(Cl)C1. The fraction of sp³-hybridized carbons (Fsp3) is 0.500. The van der Waals surface area contributed by atoms with E-state index in [4.69, 9.17) is 34.8 Å². The van der Waals surface area contributed by atoms with Gasteiger partial charge in [0.15, 0.2) is 0 Å². The zero-order chi connectivity index (χ0) is 11.9. The van der Waals surface area contributed by atoms with Crippen LogP contribution in [0.1, 0.15) is 6.42 Å². The van der Waals surface area contributed by atoms with Gasteiger partial charge in [-0.15, -0.1) is 22.9 Å². The Balaban J connectivity index is 2.36. The molecule has 0 N–H and O–H groups in total. The summed E-state index contributed by atoms with van der Waals surface area (Å²) >= 11 is 18.5. The van der Waals surface area contributed by atoms with Crippen LogP contribution in [-0.4, -0.2) is 31.2 Å². The molecule has 1 fully saturated rings. The van der Waals surface area contributed by atoms with Gasteiger partial charge in [0.05, 0.1) is 4.34 Å². The fourth-order valence-corrected chi connectivity index (χ4v) is 5.50. The molecule has 8 heteroatoms. The van der Waals surface area contributed by atoms with Crippen LogP contribution in [0.2, 0.25) is 8.67 Å². The summed E-state index contributed by atoms with van der Waals surface area (Å²) in [5.41, 5.74) is 0. The van der Waals surface area contributed by atoms with Gasteiger partial charge in [-0.05, 0) is 12.5 Å². The molecular weight excluding hydrogens is 313 g/mol. The molecule has 1 aromatic rings. The Kier molecular flexibility index (Phi) is 3.74. The summed E-state index contributed by atoms with van der Waals surface area (Å²) in [4.78, 5) is 0.0786. The number of hydrogen-bond donors (Lipinski definition) is 0. The Morgan fingerprint density at radius 3 is 2.56 bits per heavy atom. The number of sulfonamides is 1. The van der Waals surface area contributed by atoms with E-state index in [-0.39, 0.29) is 14.6 Å². The molecule has 0 bridgehead atoms. The van der Waals surface area contributed by atoms with Crippen LogP contribution < -0.4 is 0 Å². The average Bonchev–Trinajstić information content (AvgIpc) is 2.73. The van der Waals surface area contributed by atoms with Crippen molar-refractivity contribution in [3.63, 3.8) is 0 Å². The lowest BCUT2D eigenvalue weighted by molar-refractivity contribution is 0.478. The van der Waals surface area contributed by atoms with Crippen LogP contribution in [0.25, 0.3) is 0 Å². The molecule has 2 heterocycles. The molecule has 0 aromatic carbocycles. The number of nitrogens with zero attached hydrogens (tertiary/aromatic N) is 1. The minimum Gasteiger partial charge on any atom is -0.207 e. The largest absolute Gasteiger partial charge is 0.245 e. The molecule has 0 radical (unpaired) electrons. The summed E-state index contributed by atoms with van der Waals surface area (Å²) in [6, 6.07) is 1.38. The van der Waals surface area contributed by atoms with Crippen molar-refractivity contribution in [1.82, 2.24) is 4.31 Å². The van der Waals surface area contributed by atoms with Gasteiger partial charge in [-0.3, -0.25) is 0 Å². The summed E-state index contributed by atoms with van der Waals surface area (Å²) in [6.45, 7) is 0.758. The van der Waals surface area contributed by atoms with E-state index in [1.54, 1.807) is 0 Å². The van der Waals surface area contributed by atoms with Crippen molar-refractivity contribution in [3.05, 3.63) is 14.7 Å². The van der Waals surface area contributed by atoms with Gasteiger partial charge in [-0.2, -0.15) is 4.31 Å². The molecule has 3 nitrogen and oxygen atoms in total. The van der Waals surface area contributed by atoms with Gasteiger partial charge in [-0.25, -0.2) is 8.42 Å². The molecule has 0 aliphatic carbocycles. The summed E-state index contributed by atoms with van der Waals surface area (Å²) in [5.74, 6) is 0. The third kappa shape index (κ3) is 2.35. The van der Waals surface area contributed by atoms with Crippen molar-refractivity contribution in [3.8, 4) is 0 Å². The van der Waals surface area contributed by atoms with Gasteiger partial charge in [0.25, 0.3) is 0 Å². The van der Waals surface area contributed by atoms with Crippen LogP contribution in [0.3, 0.4) is 0 Å². The molecule has 1 atom stereocenters. The molecular formula is C8H8Cl3NO2S2. The third-order valence-corrected chi connectivity index (χ3v) is 6.31. The van der Waals surface area contributed by atoms with Crippen molar-refractivity contribution in [2.45, 2.75) is 16.7 Å². The predicted octanol–water partition coefficient (Wildman–Crippen LogP) is 3.06. The van der Waals surface area contributed by atoms with E-state index in [2.05, 4.69) is 0 Å². The maximum Gasteiger partial charge on any atom is 0.245 e. The molecule has 0 amide bonds. The highest BCUT2D eigenvalue weighted by atomic mass is 35.5. The van der Waals surface area contributed by atoms with Gasteiger partial charge in [-0.1, -0.05) is 23.2 Å². The van der Waals surface area contributed by atoms with Gasteiger partial charge < -0.3 is 0 Å². The first-order valence-electron chi connectivity index (χ1n) is 4.50. The van der Waals surface area contributed by atoms with Gasteiger partial charge in [0.2, 0.25) is 10.0 Å². The van der Waals surface area contributed by atoms with Crippen LogP contribution in [0.4, 0.5) is 0 Å². The van der Waals surface area contributed by atoms with Crippen molar-refractivity contribution >= 4 is 56.2 Å². The maximum atomic E-state index is 12.1. The Morgan fingerprint density at radius 1 is 1.44 bits per heavy atom. The van der Waals surface area contributed by atoms with Crippen molar-refractivity contribution in [2.24, 2.45) is 0 Å². The molecule has 1 saturated heterocycles. The highest BCUT2D eigenvalue weighted by molar-refractivity contribution is 7.89. The Bertz CT molecular complexity index is 499. The summed E-state index contributed by atoms with van der Waals surface area (Å²) < 4.78 is 26.2. The normalized spacial score (nSPS) is 22.8. The zero-order valence-corrected chi connectivity index (χ0v) is 11.9. The lowest BCUT2D eigenvalue weighted by atomic mass is 10.4. The molecule has 1 aromatic heterocycles. The number of thiophene rings is 1. The average molecular weight is 321 g/mol. The molecule has 16 heavy (non-hydrogen) atoms. The fourth-order valence-electron chi connectivity index (χ4n) is 1.55. The monoisotopic (exact) mass is 319 g/mol. The second-order valence-electron chi connectivity index (χ2n) is 3.44. The van der Waals surface area contributed by atoms with E-state index in [0.717, 1.165) is 11.3 Å². The first-order chi connectivity index (χ1) is 7.41. The van der Waals surface area contributed by atoms with Crippen LogP contribution >= 0.6 is 46.1 Å². The molecule has 1 aliphatic heterocycles. The lowest BCUT2D eigenvalue weighted by Crippen LogP contribution is -2.28. The lowest BCUT2D eigenvalue weighted by Gasteiger charge is -2.14. The smallest absolute Gasteiger partial charge is 0.207 e. The summed E-state index contributed by atoms with van der Waals surface area (Å²) in [7, 11) is -3.54. The zero-order valence-electron chi connectivity index (χ0n) is 7.99. The third-order valence-electron chi connectivity index (χ3n) is 2.34. The number of rotatable bonds is 2. The van der Waals surface area contributed by atoms with E-state index in [1.807, 2.05) is 0 Å². The number of halogens is 3. The summed E-state index contributed by atoms with van der Waals surface area (Å²) in [6.07, 6.45) is 0.663. The van der Waals surface area contributed by atoms with Gasteiger partial charge in [0.1, 0.15) is 9.23 Å². The van der Waals surface area contributed by atoms with Crippen LogP contribution in [0, 0.1) is 0 Å². The molecule has 90 valence electrons. The minimum absolute atomic E-state index is 0.0786. The summed E-state index contributed by atoms with van der Waals surface area (Å²) in [5, 5.41) is -0.123. The maximum absolute atomic E-state index is 12.1. The van der Waals surface area contributed by atoms with E-state index < -0.39 is 10.0 Å². The van der Waals surface area contributed by atoms with E-state index >= 15 is 0 Å². The highest BCUT2D eigenvalue weighted by Crippen LogP contribution is 2.36.